The number of hydrogen-bond acceptors (Lipinski definition) is 3. The van der Waals surface area contributed by atoms with E-state index in [0.29, 0.717) is 0 Å². The Morgan fingerprint density at radius 2 is 2.06 bits per heavy atom. The monoisotopic (exact) mass is 255 g/mol. The molecule has 1 heterocycles. The van der Waals surface area contributed by atoms with E-state index in [4.69, 9.17) is 16.4 Å². The van der Waals surface area contributed by atoms with E-state index in [1.807, 2.05) is 38.1 Å². The molecule has 4 heteroatoms. The van der Waals surface area contributed by atoms with E-state index in [2.05, 4.69) is 5.16 Å². The molecule has 0 spiro atoms. The largest absolute Gasteiger partial charge is 0.389 e. The first-order valence-electron chi connectivity index (χ1n) is 5.17. The highest BCUT2D eigenvalue weighted by Crippen LogP contribution is 2.29. The molecule has 1 aliphatic rings. The number of nitrogens with zero attached hydrogens (tertiary/aromatic N) is 1. The molecule has 0 saturated heterocycles. The predicted molar refractivity (Wildman–Crippen MR) is 70.0 cm³/mol. The summed E-state index contributed by atoms with van der Waals surface area (Å²) < 4.78 is 0. The van der Waals surface area contributed by atoms with Crippen LogP contribution in [-0.2, 0) is 10.6 Å². The SMILES string of the molecule is CC1(C)CC(SCc2ccc(Cl)cc2)=NO1. The van der Waals surface area contributed by atoms with Crippen molar-refractivity contribution in [3.63, 3.8) is 0 Å². The van der Waals surface area contributed by atoms with Crippen LogP contribution in [0.1, 0.15) is 25.8 Å². The lowest BCUT2D eigenvalue weighted by Gasteiger charge is -2.13. The van der Waals surface area contributed by atoms with Gasteiger partial charge in [-0.05, 0) is 31.5 Å². The van der Waals surface area contributed by atoms with Crippen LogP contribution in [0, 0.1) is 0 Å². The zero-order valence-corrected chi connectivity index (χ0v) is 10.9. The maximum absolute atomic E-state index is 5.83. The fourth-order valence-electron chi connectivity index (χ4n) is 1.43. The van der Waals surface area contributed by atoms with Crippen LogP contribution in [-0.4, -0.2) is 10.6 Å². The van der Waals surface area contributed by atoms with Gasteiger partial charge in [0, 0.05) is 17.2 Å². The predicted octanol–water partition coefficient (Wildman–Crippen LogP) is 4.09. The molecule has 0 N–H and O–H groups in total. The Bertz CT molecular complexity index is 400. The van der Waals surface area contributed by atoms with Crippen LogP contribution in [0.2, 0.25) is 5.02 Å². The van der Waals surface area contributed by atoms with Crippen molar-refractivity contribution in [3.8, 4) is 0 Å². The molecule has 0 radical (unpaired) electrons. The van der Waals surface area contributed by atoms with Gasteiger partial charge < -0.3 is 4.84 Å². The summed E-state index contributed by atoms with van der Waals surface area (Å²) in [7, 11) is 0. The normalized spacial score (nSPS) is 18.1. The molecule has 0 bridgehead atoms. The molecule has 2 rings (SSSR count). The minimum Gasteiger partial charge on any atom is -0.389 e. The molecule has 16 heavy (non-hydrogen) atoms. The van der Waals surface area contributed by atoms with E-state index in [-0.39, 0.29) is 5.60 Å². The number of hydrogen-bond donors (Lipinski definition) is 0. The van der Waals surface area contributed by atoms with Gasteiger partial charge in [-0.2, -0.15) is 0 Å². The Balaban J connectivity index is 1.87. The van der Waals surface area contributed by atoms with E-state index >= 15 is 0 Å². The van der Waals surface area contributed by atoms with Crippen LogP contribution in [0.3, 0.4) is 0 Å². The van der Waals surface area contributed by atoms with Crippen molar-refractivity contribution >= 4 is 28.4 Å². The number of halogens is 1. The topological polar surface area (TPSA) is 21.6 Å². The summed E-state index contributed by atoms with van der Waals surface area (Å²) >= 11 is 7.55. The molecule has 1 aromatic carbocycles. The first-order valence-corrected chi connectivity index (χ1v) is 6.54. The lowest BCUT2D eigenvalue weighted by Crippen LogP contribution is -2.18. The van der Waals surface area contributed by atoms with Crippen molar-refractivity contribution < 1.29 is 4.84 Å². The van der Waals surface area contributed by atoms with E-state index < -0.39 is 0 Å². The maximum atomic E-state index is 5.83. The molecule has 0 unspecified atom stereocenters. The van der Waals surface area contributed by atoms with Crippen LogP contribution in [0.25, 0.3) is 0 Å². The summed E-state index contributed by atoms with van der Waals surface area (Å²) in [5.41, 5.74) is 1.12. The minimum atomic E-state index is -0.137. The molecule has 0 saturated carbocycles. The zero-order valence-electron chi connectivity index (χ0n) is 9.37. The molecule has 0 amide bonds. The van der Waals surface area contributed by atoms with Gasteiger partial charge in [-0.15, -0.1) is 11.8 Å². The third-order valence-electron chi connectivity index (χ3n) is 2.29. The number of benzene rings is 1. The van der Waals surface area contributed by atoms with Crippen molar-refractivity contribution in [2.24, 2.45) is 5.16 Å². The fraction of sp³-hybridized carbons (Fsp3) is 0.417. The Kier molecular flexibility index (Phi) is 3.45. The zero-order chi connectivity index (χ0) is 11.6. The van der Waals surface area contributed by atoms with Gasteiger partial charge in [0.05, 0.1) is 0 Å². The minimum absolute atomic E-state index is 0.137. The van der Waals surface area contributed by atoms with Crippen molar-refractivity contribution in [3.05, 3.63) is 34.9 Å². The molecule has 0 aliphatic carbocycles. The molecule has 0 aromatic heterocycles. The standard InChI is InChI=1S/C12H14ClNOS/c1-12(2)7-11(14-15-12)16-8-9-3-5-10(13)6-4-9/h3-6H,7-8H2,1-2H3. The second kappa shape index (κ2) is 4.68. The van der Waals surface area contributed by atoms with Crippen LogP contribution in [0.15, 0.2) is 29.4 Å². The van der Waals surface area contributed by atoms with Crippen LogP contribution >= 0.6 is 23.4 Å². The number of oxime groups is 1. The van der Waals surface area contributed by atoms with Crippen molar-refractivity contribution in [2.75, 3.05) is 0 Å². The van der Waals surface area contributed by atoms with Gasteiger partial charge in [0.1, 0.15) is 10.6 Å². The molecule has 2 nitrogen and oxygen atoms in total. The highest BCUT2D eigenvalue weighted by atomic mass is 35.5. The van der Waals surface area contributed by atoms with Gasteiger partial charge >= 0.3 is 0 Å². The number of thioether (sulfide) groups is 1. The number of rotatable bonds is 2. The third-order valence-corrected chi connectivity index (χ3v) is 3.57. The molecule has 1 aliphatic heterocycles. The summed E-state index contributed by atoms with van der Waals surface area (Å²) in [4.78, 5) is 5.31. The van der Waals surface area contributed by atoms with Gasteiger partial charge in [-0.25, -0.2) is 0 Å². The summed E-state index contributed by atoms with van der Waals surface area (Å²) in [5.74, 6) is 0.912. The molecule has 1 aromatic rings. The van der Waals surface area contributed by atoms with Gasteiger partial charge in [0.25, 0.3) is 0 Å². The molecule has 0 atom stereocenters. The van der Waals surface area contributed by atoms with Gasteiger partial charge in [0.2, 0.25) is 0 Å². The fourth-order valence-corrected chi connectivity index (χ4v) is 2.62. The first-order chi connectivity index (χ1) is 7.55. The van der Waals surface area contributed by atoms with Crippen molar-refractivity contribution in [1.29, 1.82) is 0 Å². The average Bonchev–Trinajstić information content (AvgIpc) is 2.58. The van der Waals surface area contributed by atoms with Crippen molar-refractivity contribution in [1.82, 2.24) is 0 Å². The Morgan fingerprint density at radius 3 is 2.62 bits per heavy atom. The average molecular weight is 256 g/mol. The lowest BCUT2D eigenvalue weighted by molar-refractivity contribution is 0.0123. The summed E-state index contributed by atoms with van der Waals surface area (Å²) in [6.07, 6.45) is 0.894. The van der Waals surface area contributed by atoms with Crippen LogP contribution in [0.4, 0.5) is 0 Å². The van der Waals surface area contributed by atoms with E-state index in [9.17, 15) is 0 Å². The smallest absolute Gasteiger partial charge is 0.138 e. The van der Waals surface area contributed by atoms with E-state index in [1.54, 1.807) is 11.8 Å². The molecule has 86 valence electrons. The third kappa shape index (κ3) is 3.16. The van der Waals surface area contributed by atoms with Crippen LogP contribution < -0.4 is 0 Å². The molecular formula is C12H14ClNOS. The Hall–Kier alpha value is -0.670. The second-order valence-corrected chi connectivity index (χ2v) is 5.91. The Labute approximate surface area is 105 Å². The summed E-state index contributed by atoms with van der Waals surface area (Å²) in [6, 6.07) is 7.90. The molecular weight excluding hydrogens is 242 g/mol. The van der Waals surface area contributed by atoms with Crippen molar-refractivity contribution in [2.45, 2.75) is 31.6 Å². The molecule has 0 fully saturated rings. The van der Waals surface area contributed by atoms with E-state index in [0.717, 1.165) is 22.2 Å². The second-order valence-electron chi connectivity index (χ2n) is 4.43. The highest BCUT2D eigenvalue weighted by molar-refractivity contribution is 8.13. The highest BCUT2D eigenvalue weighted by Gasteiger charge is 2.28. The van der Waals surface area contributed by atoms with E-state index in [1.165, 1.54) is 5.56 Å². The first kappa shape index (κ1) is 11.8. The summed E-state index contributed by atoms with van der Waals surface area (Å²) in [5, 5.41) is 5.92. The Morgan fingerprint density at radius 1 is 1.38 bits per heavy atom. The maximum Gasteiger partial charge on any atom is 0.138 e. The quantitative estimate of drug-likeness (QED) is 0.794. The van der Waals surface area contributed by atoms with Gasteiger partial charge in [-0.3, -0.25) is 0 Å². The lowest BCUT2D eigenvalue weighted by atomic mass is 10.1. The summed E-state index contributed by atoms with van der Waals surface area (Å²) in [6.45, 7) is 4.10. The van der Waals surface area contributed by atoms with Crippen LogP contribution in [0.5, 0.6) is 0 Å². The van der Waals surface area contributed by atoms with Gasteiger partial charge in [-0.1, -0.05) is 28.9 Å². The van der Waals surface area contributed by atoms with Gasteiger partial charge in [0.15, 0.2) is 0 Å².